The highest BCUT2D eigenvalue weighted by atomic mass is 16.7. The van der Waals surface area contributed by atoms with Crippen molar-refractivity contribution in [2.24, 2.45) is 11.8 Å². The number of rotatable bonds is 0. The number of hydrogen-bond donors (Lipinski definition) is 0. The highest BCUT2D eigenvalue weighted by Gasteiger charge is 2.67. The number of carbonyl (C=O) groups excluding carboxylic acids is 2. The van der Waals surface area contributed by atoms with Crippen molar-refractivity contribution in [3.05, 3.63) is 12.2 Å². The van der Waals surface area contributed by atoms with Gasteiger partial charge in [-0.15, -0.1) is 0 Å². The third kappa shape index (κ3) is 1.05. The SMILES string of the molecule is C=C1C(=O)O[C@H]2[C@H]1C[C@H]1O[C@H]3CC(=O)[C@@H]2[C@@]3(C)O1. The molecule has 3 saturated heterocycles. The Kier molecular flexibility index (Phi) is 1.80. The number of carbonyl (C=O) groups is 2. The summed E-state index contributed by atoms with van der Waals surface area (Å²) >= 11 is 0. The zero-order chi connectivity index (χ0) is 12.7. The third-order valence-corrected chi connectivity index (χ3v) is 4.82. The lowest BCUT2D eigenvalue weighted by atomic mass is 9.79. The molecule has 4 aliphatic rings. The Hall–Kier alpha value is -1.20. The van der Waals surface area contributed by atoms with Gasteiger partial charge in [-0.3, -0.25) is 4.79 Å². The quantitative estimate of drug-likeness (QED) is 0.465. The van der Waals surface area contributed by atoms with Crippen molar-refractivity contribution in [1.29, 1.82) is 0 Å². The topological polar surface area (TPSA) is 61.8 Å². The lowest BCUT2D eigenvalue weighted by molar-refractivity contribution is -0.150. The largest absolute Gasteiger partial charge is 0.457 e. The van der Waals surface area contributed by atoms with Gasteiger partial charge < -0.3 is 14.2 Å². The first kappa shape index (κ1) is 10.7. The van der Waals surface area contributed by atoms with Gasteiger partial charge in [0.05, 0.1) is 12.0 Å². The van der Waals surface area contributed by atoms with E-state index in [9.17, 15) is 9.59 Å². The molecule has 0 spiro atoms. The Labute approximate surface area is 104 Å². The molecule has 1 aliphatic carbocycles. The predicted molar refractivity (Wildman–Crippen MR) is 58.4 cm³/mol. The minimum atomic E-state index is -0.647. The molecule has 96 valence electrons. The van der Waals surface area contributed by atoms with Crippen LogP contribution in [0.4, 0.5) is 0 Å². The van der Waals surface area contributed by atoms with Gasteiger partial charge >= 0.3 is 5.97 Å². The van der Waals surface area contributed by atoms with Crippen LogP contribution in [0.5, 0.6) is 0 Å². The monoisotopic (exact) mass is 250 g/mol. The Balaban J connectivity index is 1.84. The smallest absolute Gasteiger partial charge is 0.334 e. The van der Waals surface area contributed by atoms with E-state index in [0.29, 0.717) is 18.4 Å². The van der Waals surface area contributed by atoms with Crippen molar-refractivity contribution in [1.82, 2.24) is 0 Å². The van der Waals surface area contributed by atoms with Crippen LogP contribution in [0, 0.1) is 11.8 Å². The summed E-state index contributed by atoms with van der Waals surface area (Å²) in [5.41, 5.74) is -0.203. The van der Waals surface area contributed by atoms with Gasteiger partial charge in [0.15, 0.2) is 6.29 Å². The summed E-state index contributed by atoms with van der Waals surface area (Å²) in [6.07, 6.45) is -0.0671. The van der Waals surface area contributed by atoms with Crippen LogP contribution in [0.25, 0.3) is 0 Å². The summed E-state index contributed by atoms with van der Waals surface area (Å²) in [6.45, 7) is 5.67. The second-order valence-electron chi connectivity index (χ2n) is 5.74. The first-order valence-corrected chi connectivity index (χ1v) is 6.26. The Bertz CT molecular complexity index is 484. The number of hydrogen-bond acceptors (Lipinski definition) is 5. The minimum absolute atomic E-state index is 0.0698. The summed E-state index contributed by atoms with van der Waals surface area (Å²) in [5, 5.41) is 0. The van der Waals surface area contributed by atoms with Gasteiger partial charge in [0.1, 0.15) is 17.5 Å². The van der Waals surface area contributed by atoms with E-state index in [4.69, 9.17) is 14.2 Å². The van der Waals surface area contributed by atoms with E-state index < -0.39 is 17.6 Å². The van der Waals surface area contributed by atoms with Crippen LogP contribution in [-0.2, 0) is 23.8 Å². The van der Waals surface area contributed by atoms with E-state index in [-0.39, 0.29) is 30.1 Å². The second kappa shape index (κ2) is 3.03. The molecule has 4 rings (SSSR count). The van der Waals surface area contributed by atoms with Crippen molar-refractivity contribution < 1.29 is 23.8 Å². The van der Waals surface area contributed by atoms with Crippen molar-refractivity contribution in [2.45, 2.75) is 43.9 Å². The molecular formula is C13H14O5. The number of ketones is 1. The highest BCUT2D eigenvalue weighted by molar-refractivity contribution is 5.93. The Morgan fingerprint density at radius 3 is 2.94 bits per heavy atom. The molecule has 5 nitrogen and oxygen atoms in total. The molecule has 0 N–H and O–H groups in total. The van der Waals surface area contributed by atoms with Gasteiger partial charge in [-0.2, -0.15) is 0 Å². The fourth-order valence-electron chi connectivity index (χ4n) is 3.89. The van der Waals surface area contributed by atoms with E-state index >= 15 is 0 Å². The van der Waals surface area contributed by atoms with Gasteiger partial charge in [0.25, 0.3) is 0 Å². The zero-order valence-corrected chi connectivity index (χ0v) is 10.0. The molecule has 0 aromatic carbocycles. The maximum atomic E-state index is 12.2. The van der Waals surface area contributed by atoms with Crippen LogP contribution in [0.15, 0.2) is 12.2 Å². The average Bonchev–Trinajstić information content (AvgIpc) is 2.78. The van der Waals surface area contributed by atoms with E-state index in [1.807, 2.05) is 6.92 Å². The summed E-state index contributed by atoms with van der Waals surface area (Å²) in [6, 6.07) is 0. The van der Waals surface area contributed by atoms with E-state index in [0.717, 1.165) is 0 Å². The molecule has 2 bridgehead atoms. The Morgan fingerprint density at radius 2 is 2.17 bits per heavy atom. The first-order valence-electron chi connectivity index (χ1n) is 6.26. The number of fused-ring (bicyclic) bond motifs is 3. The molecule has 3 aliphatic heterocycles. The van der Waals surface area contributed by atoms with E-state index in [2.05, 4.69) is 6.58 Å². The van der Waals surface area contributed by atoms with Gasteiger partial charge in [-0.25, -0.2) is 4.79 Å². The molecule has 6 atom stereocenters. The zero-order valence-electron chi connectivity index (χ0n) is 10.0. The predicted octanol–water partition coefficient (Wildman–Crippen LogP) is 0.577. The average molecular weight is 250 g/mol. The summed E-state index contributed by atoms with van der Waals surface area (Å²) in [5.74, 6) is -0.882. The van der Waals surface area contributed by atoms with Gasteiger partial charge in [0.2, 0.25) is 0 Å². The fourth-order valence-corrected chi connectivity index (χ4v) is 3.89. The molecule has 18 heavy (non-hydrogen) atoms. The van der Waals surface area contributed by atoms with Crippen molar-refractivity contribution >= 4 is 11.8 Å². The Morgan fingerprint density at radius 1 is 1.39 bits per heavy atom. The van der Waals surface area contributed by atoms with Crippen LogP contribution >= 0.6 is 0 Å². The molecule has 4 fully saturated rings. The van der Waals surface area contributed by atoms with Crippen LogP contribution in [0.3, 0.4) is 0 Å². The molecule has 0 unspecified atom stereocenters. The van der Waals surface area contributed by atoms with Crippen LogP contribution in [0.1, 0.15) is 19.8 Å². The van der Waals surface area contributed by atoms with E-state index in [1.54, 1.807) is 0 Å². The molecule has 3 heterocycles. The minimum Gasteiger partial charge on any atom is -0.457 e. The van der Waals surface area contributed by atoms with Gasteiger partial charge in [-0.05, 0) is 6.92 Å². The number of ether oxygens (including phenoxy) is 3. The van der Waals surface area contributed by atoms with Crippen LogP contribution in [-0.4, -0.2) is 35.9 Å². The molecule has 0 aromatic heterocycles. The fraction of sp³-hybridized carbons (Fsp3) is 0.692. The normalized spacial score (nSPS) is 53.4. The number of esters is 1. The van der Waals surface area contributed by atoms with Crippen LogP contribution in [0.2, 0.25) is 0 Å². The first-order chi connectivity index (χ1) is 8.50. The third-order valence-electron chi connectivity index (χ3n) is 4.82. The van der Waals surface area contributed by atoms with Crippen molar-refractivity contribution in [2.75, 3.05) is 0 Å². The van der Waals surface area contributed by atoms with Gasteiger partial charge in [0, 0.05) is 24.3 Å². The molecule has 1 saturated carbocycles. The molecule has 0 radical (unpaired) electrons. The maximum absolute atomic E-state index is 12.2. The highest BCUT2D eigenvalue weighted by Crippen LogP contribution is 2.54. The summed E-state index contributed by atoms with van der Waals surface area (Å²) < 4.78 is 17.1. The van der Waals surface area contributed by atoms with Crippen molar-refractivity contribution in [3.8, 4) is 0 Å². The molecular weight excluding hydrogens is 236 g/mol. The second-order valence-corrected chi connectivity index (χ2v) is 5.74. The lowest BCUT2D eigenvalue weighted by Gasteiger charge is -2.31. The van der Waals surface area contributed by atoms with Crippen LogP contribution < -0.4 is 0 Å². The van der Waals surface area contributed by atoms with Crippen molar-refractivity contribution in [3.63, 3.8) is 0 Å². The summed E-state index contributed by atoms with van der Waals surface area (Å²) in [4.78, 5) is 23.8. The lowest BCUT2D eigenvalue weighted by Crippen LogP contribution is -2.46. The molecule has 0 aromatic rings. The maximum Gasteiger partial charge on any atom is 0.334 e. The van der Waals surface area contributed by atoms with E-state index in [1.165, 1.54) is 0 Å². The molecule has 5 heteroatoms. The number of Topliss-reactive ketones (excluding diaryl/α,β-unsaturated/α-hetero) is 1. The standard InChI is InChI=1S/C13H14O5/c1-5-6-3-9-16-8-4-7(14)10(13(8,2)18-9)11(6)17-12(5)15/h6,8-11H,1,3-4H2,2H3/t6-,8-,9-,10-,11-,13-/m0/s1. The van der Waals surface area contributed by atoms with Gasteiger partial charge in [-0.1, -0.05) is 6.58 Å². The molecule has 0 amide bonds. The summed E-state index contributed by atoms with van der Waals surface area (Å²) in [7, 11) is 0.